The summed E-state index contributed by atoms with van der Waals surface area (Å²) in [7, 11) is 0. The first kappa shape index (κ1) is 13.1. The third-order valence-corrected chi connectivity index (χ3v) is 4.56. The van der Waals surface area contributed by atoms with E-state index in [0.717, 1.165) is 10.4 Å². The van der Waals surface area contributed by atoms with Gasteiger partial charge in [0.15, 0.2) is 5.78 Å². The first-order chi connectivity index (χ1) is 9.74. The third-order valence-electron chi connectivity index (χ3n) is 3.56. The molecule has 3 nitrogen and oxygen atoms in total. The van der Waals surface area contributed by atoms with Crippen molar-refractivity contribution in [1.82, 2.24) is 0 Å². The van der Waals surface area contributed by atoms with Crippen molar-refractivity contribution >= 4 is 23.1 Å². The number of hydrogen-bond donors (Lipinski definition) is 0. The molecule has 1 heterocycles. The first-order valence-corrected chi connectivity index (χ1v) is 7.45. The van der Waals surface area contributed by atoms with Gasteiger partial charge in [0, 0.05) is 16.4 Å². The number of ether oxygens (including phenoxy) is 1. The summed E-state index contributed by atoms with van der Waals surface area (Å²) in [5.41, 5.74) is 1.65. The number of ketones is 1. The number of Topliss-reactive ketones (excluding diaryl/α,β-unsaturated/α-hetero) is 1. The number of esters is 1. The van der Waals surface area contributed by atoms with Crippen molar-refractivity contribution in [3.05, 3.63) is 57.8 Å². The standard InChI is InChI=1S/C16H14O3S/c1-2-19-16(18)13-12(10-6-4-3-5-7-10)15-11(14(13)17)8-9-20-15/h3-9,12-13H,2H2,1H3/t12-,13-/m0/s1. The predicted octanol–water partition coefficient (Wildman–Crippen LogP) is 3.26. The van der Waals surface area contributed by atoms with Gasteiger partial charge in [0.2, 0.25) is 0 Å². The topological polar surface area (TPSA) is 43.4 Å². The molecule has 0 unspecified atom stereocenters. The molecule has 102 valence electrons. The van der Waals surface area contributed by atoms with Gasteiger partial charge in [-0.05, 0) is 23.9 Å². The maximum atomic E-state index is 12.5. The minimum Gasteiger partial charge on any atom is -0.465 e. The van der Waals surface area contributed by atoms with Crippen molar-refractivity contribution in [2.45, 2.75) is 12.8 Å². The number of benzene rings is 1. The van der Waals surface area contributed by atoms with Gasteiger partial charge in [0.25, 0.3) is 0 Å². The maximum Gasteiger partial charge on any atom is 0.317 e. The molecule has 0 bridgehead atoms. The molecule has 0 amide bonds. The lowest BCUT2D eigenvalue weighted by Crippen LogP contribution is -2.27. The number of carbonyl (C=O) groups is 2. The van der Waals surface area contributed by atoms with Crippen LogP contribution in [0.2, 0.25) is 0 Å². The zero-order valence-electron chi connectivity index (χ0n) is 11.0. The van der Waals surface area contributed by atoms with E-state index in [4.69, 9.17) is 4.74 Å². The van der Waals surface area contributed by atoms with Crippen molar-refractivity contribution in [2.75, 3.05) is 6.61 Å². The highest BCUT2D eigenvalue weighted by Gasteiger charge is 2.46. The summed E-state index contributed by atoms with van der Waals surface area (Å²) >= 11 is 1.53. The Hall–Kier alpha value is -1.94. The molecule has 20 heavy (non-hydrogen) atoms. The van der Waals surface area contributed by atoms with Gasteiger partial charge in [-0.1, -0.05) is 30.3 Å². The van der Waals surface area contributed by atoms with Crippen molar-refractivity contribution in [3.8, 4) is 0 Å². The van der Waals surface area contributed by atoms with E-state index in [-0.39, 0.29) is 18.3 Å². The minimum absolute atomic E-state index is 0.117. The summed E-state index contributed by atoms with van der Waals surface area (Å²) in [6.45, 7) is 2.04. The van der Waals surface area contributed by atoms with Gasteiger partial charge in [0.05, 0.1) is 6.61 Å². The smallest absolute Gasteiger partial charge is 0.317 e. The summed E-state index contributed by atoms with van der Waals surface area (Å²) < 4.78 is 5.09. The van der Waals surface area contributed by atoms with E-state index in [9.17, 15) is 9.59 Å². The van der Waals surface area contributed by atoms with E-state index in [0.29, 0.717) is 5.56 Å². The molecular weight excluding hydrogens is 272 g/mol. The molecule has 2 atom stereocenters. The first-order valence-electron chi connectivity index (χ1n) is 6.57. The van der Waals surface area contributed by atoms with Gasteiger partial charge in [-0.3, -0.25) is 9.59 Å². The molecule has 1 aliphatic rings. The van der Waals surface area contributed by atoms with E-state index < -0.39 is 11.9 Å². The van der Waals surface area contributed by atoms with E-state index in [1.807, 2.05) is 35.7 Å². The molecule has 0 aliphatic heterocycles. The molecule has 1 aromatic heterocycles. The Bertz CT molecular complexity index is 645. The number of rotatable bonds is 3. The molecule has 1 aromatic carbocycles. The summed E-state index contributed by atoms with van der Waals surface area (Å²) in [6.07, 6.45) is 0. The highest BCUT2D eigenvalue weighted by molar-refractivity contribution is 7.10. The Kier molecular flexibility index (Phi) is 3.40. The predicted molar refractivity (Wildman–Crippen MR) is 77.1 cm³/mol. The lowest BCUT2D eigenvalue weighted by atomic mass is 9.88. The lowest BCUT2D eigenvalue weighted by Gasteiger charge is -2.17. The second-order valence-electron chi connectivity index (χ2n) is 4.68. The van der Waals surface area contributed by atoms with E-state index >= 15 is 0 Å². The number of hydrogen-bond acceptors (Lipinski definition) is 4. The molecule has 0 saturated heterocycles. The van der Waals surface area contributed by atoms with Crippen molar-refractivity contribution in [2.24, 2.45) is 5.92 Å². The average Bonchev–Trinajstić information content (AvgIpc) is 3.02. The fourth-order valence-electron chi connectivity index (χ4n) is 2.72. The van der Waals surface area contributed by atoms with Crippen LogP contribution in [0.15, 0.2) is 41.8 Å². The number of thiophene rings is 1. The summed E-state index contributed by atoms with van der Waals surface area (Å²) in [6, 6.07) is 11.5. The van der Waals surface area contributed by atoms with Gasteiger partial charge in [-0.2, -0.15) is 0 Å². The molecule has 0 N–H and O–H groups in total. The Morgan fingerprint density at radius 2 is 2.00 bits per heavy atom. The van der Waals surface area contributed by atoms with E-state index in [1.54, 1.807) is 13.0 Å². The quantitative estimate of drug-likeness (QED) is 0.642. The highest BCUT2D eigenvalue weighted by Crippen LogP contribution is 2.45. The zero-order chi connectivity index (χ0) is 14.1. The number of fused-ring (bicyclic) bond motifs is 1. The molecule has 0 spiro atoms. The van der Waals surface area contributed by atoms with Gasteiger partial charge >= 0.3 is 5.97 Å². The summed E-state index contributed by atoms with van der Waals surface area (Å²) in [5.74, 6) is -1.49. The monoisotopic (exact) mass is 286 g/mol. The SMILES string of the molecule is CCOC(=O)[C@@H]1C(=O)c2ccsc2[C@H]1c1ccccc1. The van der Waals surface area contributed by atoms with Crippen LogP contribution in [0.25, 0.3) is 0 Å². The molecule has 0 fully saturated rings. The van der Waals surface area contributed by atoms with Crippen LogP contribution in [0, 0.1) is 5.92 Å². The van der Waals surface area contributed by atoms with Crippen molar-refractivity contribution < 1.29 is 14.3 Å². The van der Waals surface area contributed by atoms with Gasteiger partial charge in [-0.25, -0.2) is 0 Å². The number of carbonyl (C=O) groups excluding carboxylic acids is 2. The molecule has 3 rings (SSSR count). The fourth-order valence-corrected chi connectivity index (χ4v) is 3.78. The molecule has 4 heteroatoms. The van der Waals surface area contributed by atoms with Gasteiger partial charge < -0.3 is 4.74 Å². The normalized spacial score (nSPS) is 20.8. The zero-order valence-corrected chi connectivity index (χ0v) is 11.9. The molecule has 1 aliphatic carbocycles. The van der Waals surface area contributed by atoms with Crippen LogP contribution >= 0.6 is 11.3 Å². The second-order valence-corrected chi connectivity index (χ2v) is 5.63. The molecule has 0 radical (unpaired) electrons. The minimum atomic E-state index is -0.736. The highest BCUT2D eigenvalue weighted by atomic mass is 32.1. The van der Waals surface area contributed by atoms with Crippen LogP contribution in [0.1, 0.15) is 33.6 Å². The van der Waals surface area contributed by atoms with Crippen LogP contribution in [-0.4, -0.2) is 18.4 Å². The Balaban J connectivity index is 2.07. The Labute approximate surface area is 121 Å². The van der Waals surface area contributed by atoms with E-state index in [2.05, 4.69) is 0 Å². The molecule has 0 saturated carbocycles. The van der Waals surface area contributed by atoms with Crippen LogP contribution in [0.5, 0.6) is 0 Å². The average molecular weight is 286 g/mol. The van der Waals surface area contributed by atoms with E-state index in [1.165, 1.54) is 11.3 Å². The van der Waals surface area contributed by atoms with Gasteiger partial charge in [-0.15, -0.1) is 11.3 Å². The Morgan fingerprint density at radius 3 is 2.70 bits per heavy atom. The second kappa shape index (κ2) is 5.21. The fraction of sp³-hybridized carbons (Fsp3) is 0.250. The maximum absolute atomic E-state index is 12.5. The summed E-state index contributed by atoms with van der Waals surface area (Å²) in [5, 5.41) is 1.90. The van der Waals surface area contributed by atoms with Crippen molar-refractivity contribution in [1.29, 1.82) is 0 Å². The van der Waals surface area contributed by atoms with Crippen LogP contribution in [-0.2, 0) is 9.53 Å². The molecule has 2 aromatic rings. The Morgan fingerprint density at radius 1 is 1.25 bits per heavy atom. The third kappa shape index (κ3) is 1.96. The van der Waals surface area contributed by atoms with Crippen molar-refractivity contribution in [3.63, 3.8) is 0 Å². The van der Waals surface area contributed by atoms with Crippen LogP contribution in [0.3, 0.4) is 0 Å². The van der Waals surface area contributed by atoms with Gasteiger partial charge in [0.1, 0.15) is 5.92 Å². The molecular formula is C16H14O3S. The van der Waals surface area contributed by atoms with Crippen LogP contribution in [0.4, 0.5) is 0 Å². The largest absolute Gasteiger partial charge is 0.465 e. The lowest BCUT2D eigenvalue weighted by molar-refractivity contribution is -0.146. The summed E-state index contributed by atoms with van der Waals surface area (Å²) in [4.78, 5) is 25.6. The van der Waals surface area contributed by atoms with Crippen LogP contribution < -0.4 is 0 Å².